The first-order chi connectivity index (χ1) is 8.56. The molecule has 0 aliphatic heterocycles. The molecule has 0 bridgehead atoms. The summed E-state index contributed by atoms with van der Waals surface area (Å²) >= 11 is 17.4. The van der Waals surface area contributed by atoms with Gasteiger partial charge in [0.1, 0.15) is 18.2 Å². The molecule has 2 aromatic rings. The van der Waals surface area contributed by atoms with Gasteiger partial charge in [-0.3, -0.25) is 0 Å². The van der Waals surface area contributed by atoms with Gasteiger partial charge >= 0.3 is 0 Å². The standard InChI is InChI=1S/C13H8Cl3FO/c14-9-2-1-8(12(17)5-9)7-18-13-6-10(15)3-4-11(13)16/h1-6H,7H2. The van der Waals surface area contributed by atoms with Crippen LogP contribution in [0.3, 0.4) is 0 Å². The van der Waals surface area contributed by atoms with Crippen LogP contribution < -0.4 is 4.74 Å². The van der Waals surface area contributed by atoms with E-state index in [0.717, 1.165) is 0 Å². The first kappa shape index (κ1) is 13.5. The third-order valence-electron chi connectivity index (χ3n) is 2.29. The Labute approximate surface area is 119 Å². The van der Waals surface area contributed by atoms with Gasteiger partial charge in [-0.2, -0.15) is 0 Å². The van der Waals surface area contributed by atoms with Crippen LogP contribution in [0.5, 0.6) is 5.75 Å². The first-order valence-corrected chi connectivity index (χ1v) is 6.21. The number of rotatable bonds is 3. The molecule has 94 valence electrons. The van der Waals surface area contributed by atoms with E-state index in [0.29, 0.717) is 26.4 Å². The maximum absolute atomic E-state index is 13.5. The summed E-state index contributed by atoms with van der Waals surface area (Å²) < 4.78 is 18.9. The molecule has 2 aromatic carbocycles. The Bertz CT molecular complexity index is 572. The molecule has 0 fully saturated rings. The summed E-state index contributed by atoms with van der Waals surface area (Å²) in [6.45, 7) is 0.0586. The van der Waals surface area contributed by atoms with Crippen molar-refractivity contribution in [3.63, 3.8) is 0 Å². The second-order valence-electron chi connectivity index (χ2n) is 3.60. The highest BCUT2D eigenvalue weighted by Gasteiger charge is 2.06. The summed E-state index contributed by atoms with van der Waals surface area (Å²) in [5, 5.41) is 1.27. The topological polar surface area (TPSA) is 9.23 Å². The molecule has 0 saturated heterocycles. The smallest absolute Gasteiger partial charge is 0.139 e. The minimum absolute atomic E-state index is 0.0586. The van der Waals surface area contributed by atoms with Crippen LogP contribution in [-0.4, -0.2) is 0 Å². The molecule has 0 heterocycles. The highest BCUT2D eigenvalue weighted by molar-refractivity contribution is 6.34. The molecular formula is C13H8Cl3FO. The molecule has 0 aliphatic rings. The quantitative estimate of drug-likeness (QED) is 0.741. The van der Waals surface area contributed by atoms with Crippen LogP contribution in [0.2, 0.25) is 15.1 Å². The van der Waals surface area contributed by atoms with Gasteiger partial charge in [-0.1, -0.05) is 40.9 Å². The maximum atomic E-state index is 13.5. The van der Waals surface area contributed by atoms with Crippen molar-refractivity contribution in [2.45, 2.75) is 6.61 Å². The summed E-state index contributed by atoms with van der Waals surface area (Å²) in [4.78, 5) is 0. The largest absolute Gasteiger partial charge is 0.487 e. The van der Waals surface area contributed by atoms with Crippen LogP contribution in [0, 0.1) is 5.82 Å². The van der Waals surface area contributed by atoms with Gasteiger partial charge in [0.05, 0.1) is 5.02 Å². The van der Waals surface area contributed by atoms with Crippen molar-refractivity contribution >= 4 is 34.8 Å². The summed E-state index contributed by atoms with van der Waals surface area (Å²) in [5.41, 5.74) is 0.399. The van der Waals surface area contributed by atoms with Crippen molar-refractivity contribution in [3.8, 4) is 5.75 Å². The van der Waals surface area contributed by atoms with Crippen LogP contribution >= 0.6 is 34.8 Å². The van der Waals surface area contributed by atoms with E-state index < -0.39 is 5.82 Å². The van der Waals surface area contributed by atoms with E-state index in [4.69, 9.17) is 39.5 Å². The monoisotopic (exact) mass is 304 g/mol. The van der Waals surface area contributed by atoms with E-state index in [-0.39, 0.29) is 6.61 Å². The van der Waals surface area contributed by atoms with E-state index in [1.165, 1.54) is 6.07 Å². The van der Waals surface area contributed by atoms with Crippen LogP contribution in [0.1, 0.15) is 5.56 Å². The Morgan fingerprint density at radius 2 is 1.61 bits per heavy atom. The summed E-state index contributed by atoms with van der Waals surface area (Å²) in [7, 11) is 0. The summed E-state index contributed by atoms with van der Waals surface area (Å²) in [6, 6.07) is 9.26. The van der Waals surface area contributed by atoms with Gasteiger partial charge < -0.3 is 4.74 Å². The molecule has 0 N–H and O–H groups in total. The second-order valence-corrected chi connectivity index (χ2v) is 4.88. The lowest BCUT2D eigenvalue weighted by molar-refractivity contribution is 0.300. The molecule has 0 aliphatic carbocycles. The van der Waals surface area contributed by atoms with Gasteiger partial charge in [0.15, 0.2) is 0 Å². The Kier molecular flexibility index (Phi) is 4.33. The Morgan fingerprint density at radius 1 is 0.944 bits per heavy atom. The Morgan fingerprint density at radius 3 is 2.33 bits per heavy atom. The maximum Gasteiger partial charge on any atom is 0.139 e. The van der Waals surface area contributed by atoms with E-state index in [2.05, 4.69) is 0 Å². The fourth-order valence-electron chi connectivity index (χ4n) is 1.38. The highest BCUT2D eigenvalue weighted by Crippen LogP contribution is 2.28. The van der Waals surface area contributed by atoms with Gasteiger partial charge in [0, 0.05) is 21.7 Å². The second kappa shape index (κ2) is 5.79. The Balaban J connectivity index is 2.13. The molecule has 5 heteroatoms. The normalized spacial score (nSPS) is 10.4. The third kappa shape index (κ3) is 3.29. The molecule has 1 nitrogen and oxygen atoms in total. The number of ether oxygens (including phenoxy) is 1. The Hall–Kier alpha value is -0.960. The van der Waals surface area contributed by atoms with E-state index in [1.54, 1.807) is 30.3 Å². The fourth-order valence-corrected chi connectivity index (χ4v) is 1.88. The van der Waals surface area contributed by atoms with Gasteiger partial charge in [0.25, 0.3) is 0 Å². The molecule has 0 radical (unpaired) electrons. The number of hydrogen-bond acceptors (Lipinski definition) is 1. The zero-order chi connectivity index (χ0) is 13.1. The molecule has 0 unspecified atom stereocenters. The lowest BCUT2D eigenvalue weighted by Crippen LogP contribution is -1.98. The van der Waals surface area contributed by atoms with Crippen molar-refractivity contribution in [3.05, 3.63) is 62.8 Å². The lowest BCUT2D eigenvalue weighted by Gasteiger charge is -2.09. The molecule has 0 spiro atoms. The molecule has 0 aromatic heterocycles. The minimum atomic E-state index is -0.416. The van der Waals surface area contributed by atoms with Crippen LogP contribution in [0.15, 0.2) is 36.4 Å². The fraction of sp³-hybridized carbons (Fsp3) is 0.0769. The zero-order valence-electron chi connectivity index (χ0n) is 9.09. The number of halogens is 4. The number of hydrogen-bond donors (Lipinski definition) is 0. The number of benzene rings is 2. The average molecular weight is 306 g/mol. The van der Waals surface area contributed by atoms with E-state index in [1.807, 2.05) is 0 Å². The van der Waals surface area contributed by atoms with Crippen LogP contribution in [0.25, 0.3) is 0 Å². The molecule has 0 saturated carbocycles. The van der Waals surface area contributed by atoms with E-state index >= 15 is 0 Å². The van der Waals surface area contributed by atoms with Crippen molar-refractivity contribution in [1.29, 1.82) is 0 Å². The van der Waals surface area contributed by atoms with Gasteiger partial charge in [-0.05, 0) is 24.3 Å². The lowest BCUT2D eigenvalue weighted by atomic mass is 10.2. The molecule has 18 heavy (non-hydrogen) atoms. The summed E-state index contributed by atoms with van der Waals surface area (Å²) in [5.74, 6) is -0.000771. The van der Waals surface area contributed by atoms with Gasteiger partial charge in [0.2, 0.25) is 0 Å². The first-order valence-electron chi connectivity index (χ1n) is 5.08. The highest BCUT2D eigenvalue weighted by atomic mass is 35.5. The van der Waals surface area contributed by atoms with Crippen molar-refractivity contribution < 1.29 is 9.13 Å². The van der Waals surface area contributed by atoms with Crippen LogP contribution in [0.4, 0.5) is 4.39 Å². The zero-order valence-corrected chi connectivity index (χ0v) is 11.4. The van der Waals surface area contributed by atoms with E-state index in [9.17, 15) is 4.39 Å². The van der Waals surface area contributed by atoms with Gasteiger partial charge in [-0.15, -0.1) is 0 Å². The SMILES string of the molecule is Fc1cc(Cl)ccc1COc1cc(Cl)ccc1Cl. The van der Waals surface area contributed by atoms with Crippen molar-refractivity contribution in [1.82, 2.24) is 0 Å². The van der Waals surface area contributed by atoms with Crippen LogP contribution in [-0.2, 0) is 6.61 Å². The predicted octanol–water partition coefficient (Wildman–Crippen LogP) is 5.36. The predicted molar refractivity (Wildman–Crippen MR) is 72.2 cm³/mol. The molecular weight excluding hydrogens is 297 g/mol. The molecule has 0 amide bonds. The summed E-state index contributed by atoms with van der Waals surface area (Å²) in [6.07, 6.45) is 0. The van der Waals surface area contributed by atoms with Crippen molar-refractivity contribution in [2.24, 2.45) is 0 Å². The average Bonchev–Trinajstić information content (AvgIpc) is 2.32. The minimum Gasteiger partial charge on any atom is -0.487 e. The third-order valence-corrected chi connectivity index (χ3v) is 3.07. The van der Waals surface area contributed by atoms with Gasteiger partial charge in [-0.25, -0.2) is 4.39 Å². The molecule has 2 rings (SSSR count). The van der Waals surface area contributed by atoms with Crippen molar-refractivity contribution in [2.75, 3.05) is 0 Å². The molecule has 0 atom stereocenters.